The van der Waals surface area contributed by atoms with Gasteiger partial charge in [-0.25, -0.2) is 18.1 Å². The van der Waals surface area contributed by atoms with E-state index in [1.54, 1.807) is 12.1 Å². The van der Waals surface area contributed by atoms with Crippen LogP contribution in [0.25, 0.3) is 0 Å². The zero-order chi connectivity index (χ0) is 16.6. The van der Waals surface area contributed by atoms with Crippen LogP contribution >= 0.6 is 27.5 Å². The van der Waals surface area contributed by atoms with Gasteiger partial charge in [0.1, 0.15) is 10.7 Å². The standard InChI is InChI=1S/C15H15BrClN3O2S/c1-18-23(21,22)10-2-5-15(19-8-10)20-7-6-11-12(9-20)14(17)4-3-13(11)16/h2-5,8,18H,6-7,9H2,1H3. The molecule has 2 aromatic rings. The van der Waals surface area contributed by atoms with Crippen LogP contribution in [-0.2, 0) is 23.0 Å². The average molecular weight is 417 g/mol. The van der Waals surface area contributed by atoms with Gasteiger partial charge in [-0.15, -0.1) is 0 Å². The molecular formula is C15H15BrClN3O2S. The van der Waals surface area contributed by atoms with E-state index in [2.05, 4.69) is 30.5 Å². The second-order valence-electron chi connectivity index (χ2n) is 5.22. The molecule has 0 bridgehead atoms. The molecule has 1 aliphatic rings. The molecule has 23 heavy (non-hydrogen) atoms. The molecule has 1 aromatic heterocycles. The number of aromatic nitrogens is 1. The van der Waals surface area contributed by atoms with Crippen molar-refractivity contribution in [3.8, 4) is 0 Å². The minimum absolute atomic E-state index is 0.155. The van der Waals surface area contributed by atoms with Crippen LogP contribution in [0.3, 0.4) is 0 Å². The lowest BCUT2D eigenvalue weighted by molar-refractivity contribution is 0.587. The molecule has 0 amide bonds. The second kappa shape index (κ2) is 6.39. The van der Waals surface area contributed by atoms with Crippen LogP contribution in [0, 0.1) is 0 Å². The summed E-state index contributed by atoms with van der Waals surface area (Å²) in [6.45, 7) is 1.45. The van der Waals surface area contributed by atoms with Crippen molar-refractivity contribution in [2.45, 2.75) is 17.9 Å². The molecule has 1 N–H and O–H groups in total. The molecule has 2 heterocycles. The number of pyridine rings is 1. The van der Waals surface area contributed by atoms with E-state index in [0.29, 0.717) is 6.54 Å². The van der Waals surface area contributed by atoms with Crippen molar-refractivity contribution in [2.24, 2.45) is 0 Å². The van der Waals surface area contributed by atoms with Gasteiger partial charge in [0.15, 0.2) is 0 Å². The van der Waals surface area contributed by atoms with E-state index in [0.717, 1.165) is 33.8 Å². The molecule has 0 radical (unpaired) electrons. The summed E-state index contributed by atoms with van der Waals surface area (Å²) in [7, 11) is -2.09. The summed E-state index contributed by atoms with van der Waals surface area (Å²) in [6.07, 6.45) is 2.23. The van der Waals surface area contributed by atoms with Crippen LogP contribution in [0.4, 0.5) is 5.82 Å². The smallest absolute Gasteiger partial charge is 0.241 e. The fourth-order valence-electron chi connectivity index (χ4n) is 2.63. The van der Waals surface area contributed by atoms with Gasteiger partial charge in [-0.3, -0.25) is 0 Å². The number of nitrogens with one attached hydrogen (secondary N) is 1. The van der Waals surface area contributed by atoms with Gasteiger partial charge < -0.3 is 4.90 Å². The molecule has 0 atom stereocenters. The Balaban J connectivity index is 1.88. The zero-order valence-electron chi connectivity index (χ0n) is 12.4. The van der Waals surface area contributed by atoms with Gasteiger partial charge in [-0.1, -0.05) is 27.5 Å². The number of sulfonamides is 1. The molecule has 0 spiro atoms. The molecule has 5 nitrogen and oxygen atoms in total. The lowest BCUT2D eigenvalue weighted by atomic mass is 10.00. The highest BCUT2D eigenvalue weighted by molar-refractivity contribution is 9.10. The maximum absolute atomic E-state index is 11.7. The molecule has 1 aromatic carbocycles. The molecule has 122 valence electrons. The van der Waals surface area contributed by atoms with Crippen LogP contribution < -0.4 is 9.62 Å². The van der Waals surface area contributed by atoms with Gasteiger partial charge >= 0.3 is 0 Å². The summed E-state index contributed by atoms with van der Waals surface area (Å²) in [5.74, 6) is 0.738. The Hall–Kier alpha value is -1.15. The van der Waals surface area contributed by atoms with Crippen LogP contribution in [0.5, 0.6) is 0 Å². The van der Waals surface area contributed by atoms with Crippen molar-refractivity contribution >= 4 is 43.4 Å². The van der Waals surface area contributed by atoms with Gasteiger partial charge in [-0.05, 0) is 48.9 Å². The second-order valence-corrected chi connectivity index (χ2v) is 8.37. The predicted octanol–water partition coefficient (Wildman–Crippen LogP) is 2.97. The maximum atomic E-state index is 11.7. The molecular weight excluding hydrogens is 402 g/mol. The third kappa shape index (κ3) is 3.24. The monoisotopic (exact) mass is 415 g/mol. The van der Waals surface area contributed by atoms with E-state index in [-0.39, 0.29) is 4.90 Å². The lowest BCUT2D eigenvalue weighted by Gasteiger charge is -2.31. The number of hydrogen-bond acceptors (Lipinski definition) is 4. The van der Waals surface area contributed by atoms with Crippen molar-refractivity contribution in [3.05, 3.63) is 51.1 Å². The van der Waals surface area contributed by atoms with E-state index in [4.69, 9.17) is 11.6 Å². The van der Waals surface area contributed by atoms with E-state index < -0.39 is 10.0 Å². The highest BCUT2D eigenvalue weighted by atomic mass is 79.9. The Kier molecular flexibility index (Phi) is 4.64. The summed E-state index contributed by atoms with van der Waals surface area (Å²) >= 11 is 9.88. The Labute approximate surface area is 148 Å². The molecule has 3 rings (SSSR count). The number of benzene rings is 1. The Morgan fingerprint density at radius 3 is 2.70 bits per heavy atom. The molecule has 1 aliphatic heterocycles. The number of hydrogen-bond donors (Lipinski definition) is 1. The maximum Gasteiger partial charge on any atom is 0.241 e. The lowest BCUT2D eigenvalue weighted by Crippen LogP contribution is -2.31. The van der Waals surface area contributed by atoms with Gasteiger partial charge in [0.25, 0.3) is 0 Å². The van der Waals surface area contributed by atoms with Crippen molar-refractivity contribution in [2.75, 3.05) is 18.5 Å². The highest BCUT2D eigenvalue weighted by Gasteiger charge is 2.22. The first-order chi connectivity index (χ1) is 10.9. The quantitative estimate of drug-likeness (QED) is 0.835. The number of anilines is 1. The first-order valence-corrected chi connectivity index (χ1v) is 9.68. The van der Waals surface area contributed by atoms with Gasteiger partial charge in [0.05, 0.1) is 0 Å². The third-order valence-corrected chi connectivity index (χ3v) is 6.42. The molecule has 0 saturated heterocycles. The number of rotatable bonds is 3. The Morgan fingerprint density at radius 1 is 1.26 bits per heavy atom. The van der Waals surface area contributed by atoms with Crippen molar-refractivity contribution in [1.82, 2.24) is 9.71 Å². The van der Waals surface area contributed by atoms with Crippen LogP contribution in [0.1, 0.15) is 11.1 Å². The normalized spacial score (nSPS) is 14.7. The van der Waals surface area contributed by atoms with E-state index in [1.807, 2.05) is 12.1 Å². The molecule has 8 heteroatoms. The van der Waals surface area contributed by atoms with Crippen molar-refractivity contribution in [1.29, 1.82) is 0 Å². The van der Waals surface area contributed by atoms with Gasteiger partial charge in [0.2, 0.25) is 10.0 Å². The SMILES string of the molecule is CNS(=O)(=O)c1ccc(N2CCc3c(Br)ccc(Cl)c3C2)nc1. The summed E-state index contributed by atoms with van der Waals surface area (Å²) in [6, 6.07) is 7.13. The minimum Gasteiger partial charge on any atom is -0.352 e. The minimum atomic E-state index is -3.46. The van der Waals surface area contributed by atoms with Crippen molar-refractivity contribution < 1.29 is 8.42 Å². The Morgan fingerprint density at radius 2 is 2.04 bits per heavy atom. The summed E-state index contributed by atoms with van der Waals surface area (Å²) < 4.78 is 26.8. The third-order valence-electron chi connectivity index (χ3n) is 3.92. The summed E-state index contributed by atoms with van der Waals surface area (Å²) in [4.78, 5) is 6.54. The number of fused-ring (bicyclic) bond motifs is 1. The fourth-order valence-corrected chi connectivity index (χ4v) is 4.11. The summed E-state index contributed by atoms with van der Waals surface area (Å²) in [5, 5.41) is 0.738. The van der Waals surface area contributed by atoms with Crippen LogP contribution in [0.2, 0.25) is 5.02 Å². The molecule has 0 fully saturated rings. The topological polar surface area (TPSA) is 62.3 Å². The van der Waals surface area contributed by atoms with Gasteiger partial charge in [0, 0.05) is 28.8 Å². The first-order valence-electron chi connectivity index (χ1n) is 7.02. The van der Waals surface area contributed by atoms with Crippen LogP contribution in [-0.4, -0.2) is 27.0 Å². The summed E-state index contributed by atoms with van der Waals surface area (Å²) in [5.41, 5.74) is 2.31. The Bertz CT molecular complexity index is 841. The highest BCUT2D eigenvalue weighted by Crippen LogP contribution is 2.33. The fraction of sp³-hybridized carbons (Fsp3) is 0.267. The first kappa shape index (κ1) is 16.7. The number of nitrogens with zero attached hydrogens (tertiary/aromatic N) is 2. The molecule has 0 unspecified atom stereocenters. The van der Waals surface area contributed by atoms with Gasteiger partial charge in [-0.2, -0.15) is 0 Å². The van der Waals surface area contributed by atoms with Crippen molar-refractivity contribution in [3.63, 3.8) is 0 Å². The van der Waals surface area contributed by atoms with E-state index in [1.165, 1.54) is 18.8 Å². The van der Waals surface area contributed by atoms with Crippen LogP contribution in [0.15, 0.2) is 39.8 Å². The van der Waals surface area contributed by atoms with E-state index >= 15 is 0 Å². The largest absolute Gasteiger partial charge is 0.352 e. The average Bonchev–Trinajstić information content (AvgIpc) is 2.58. The zero-order valence-corrected chi connectivity index (χ0v) is 15.5. The molecule has 0 saturated carbocycles. The van der Waals surface area contributed by atoms with E-state index in [9.17, 15) is 8.42 Å². The number of halogens is 2. The predicted molar refractivity (Wildman–Crippen MR) is 94.4 cm³/mol. The molecule has 0 aliphatic carbocycles.